The first-order chi connectivity index (χ1) is 14.8. The molecule has 2 heterocycles. The van der Waals surface area contributed by atoms with Gasteiger partial charge in [-0.15, -0.1) is 0 Å². The van der Waals surface area contributed by atoms with E-state index in [1.54, 1.807) is 60.9 Å². The molecule has 0 saturated heterocycles. The molecule has 2 amide bonds. The monoisotopic (exact) mass is 424 g/mol. The molecule has 4 rings (SSSR count). The Morgan fingerprint density at radius 1 is 0.968 bits per heavy atom. The standard InChI is InChI=1S/C23H18F2N2O4/c1-13-11-19(14(2)27(13)15-7-9-16(10-8-15)31-23(24)25)20(28)12-26-21(29)17-5-3-4-6-18(17)22(26)30/h3-11,23H,12H2,1-2H3. The highest BCUT2D eigenvalue weighted by Crippen LogP contribution is 2.26. The molecule has 0 fully saturated rings. The number of carbonyl (C=O) groups excluding carboxylic acids is 3. The third kappa shape index (κ3) is 3.61. The van der Waals surface area contributed by atoms with Gasteiger partial charge in [-0.25, -0.2) is 0 Å². The van der Waals surface area contributed by atoms with Gasteiger partial charge < -0.3 is 9.30 Å². The van der Waals surface area contributed by atoms with Crippen molar-refractivity contribution in [2.45, 2.75) is 20.5 Å². The average molecular weight is 424 g/mol. The van der Waals surface area contributed by atoms with Gasteiger partial charge in [-0.1, -0.05) is 12.1 Å². The van der Waals surface area contributed by atoms with Crippen LogP contribution in [0.2, 0.25) is 0 Å². The number of halogens is 2. The number of aryl methyl sites for hydroxylation is 1. The molecule has 2 aromatic carbocycles. The van der Waals surface area contributed by atoms with Crippen molar-refractivity contribution in [3.05, 3.63) is 82.7 Å². The molecule has 3 aromatic rings. The van der Waals surface area contributed by atoms with Crippen LogP contribution in [0.5, 0.6) is 5.75 Å². The molecule has 1 aliphatic heterocycles. The fourth-order valence-electron chi connectivity index (χ4n) is 3.83. The van der Waals surface area contributed by atoms with Crippen molar-refractivity contribution in [1.82, 2.24) is 9.47 Å². The number of Topliss-reactive ketones (excluding diaryl/α,β-unsaturated/α-hetero) is 1. The smallest absolute Gasteiger partial charge is 0.387 e. The lowest BCUT2D eigenvalue weighted by Crippen LogP contribution is -2.35. The highest BCUT2D eigenvalue weighted by atomic mass is 19.3. The van der Waals surface area contributed by atoms with Crippen LogP contribution in [-0.2, 0) is 0 Å². The number of benzene rings is 2. The van der Waals surface area contributed by atoms with Crippen molar-refractivity contribution in [3.8, 4) is 11.4 Å². The lowest BCUT2D eigenvalue weighted by Gasteiger charge is -2.14. The van der Waals surface area contributed by atoms with Gasteiger partial charge in [-0.2, -0.15) is 8.78 Å². The molecule has 0 N–H and O–H groups in total. The van der Waals surface area contributed by atoms with Crippen molar-refractivity contribution in [3.63, 3.8) is 0 Å². The Kier molecular flexibility index (Phi) is 5.14. The second-order valence-corrected chi connectivity index (χ2v) is 7.16. The van der Waals surface area contributed by atoms with E-state index in [0.717, 1.165) is 10.6 Å². The van der Waals surface area contributed by atoms with Crippen molar-refractivity contribution in [2.75, 3.05) is 6.54 Å². The van der Waals surface area contributed by atoms with Crippen LogP contribution in [0, 0.1) is 13.8 Å². The number of hydrogen-bond donors (Lipinski definition) is 0. The summed E-state index contributed by atoms with van der Waals surface area (Å²) < 4.78 is 30.9. The highest BCUT2D eigenvalue weighted by molar-refractivity contribution is 6.23. The lowest BCUT2D eigenvalue weighted by atomic mass is 10.1. The molecular weight excluding hydrogens is 406 g/mol. The van der Waals surface area contributed by atoms with E-state index in [0.29, 0.717) is 16.9 Å². The lowest BCUT2D eigenvalue weighted by molar-refractivity contribution is -0.0498. The van der Waals surface area contributed by atoms with E-state index in [-0.39, 0.29) is 29.2 Å². The topological polar surface area (TPSA) is 68.6 Å². The van der Waals surface area contributed by atoms with Crippen LogP contribution < -0.4 is 4.74 Å². The van der Waals surface area contributed by atoms with Crippen molar-refractivity contribution < 1.29 is 27.9 Å². The summed E-state index contributed by atoms with van der Waals surface area (Å²) in [6.07, 6.45) is 0. The average Bonchev–Trinajstić information content (AvgIpc) is 3.17. The molecule has 0 spiro atoms. The summed E-state index contributed by atoms with van der Waals surface area (Å²) in [6, 6.07) is 14.2. The molecule has 0 radical (unpaired) electrons. The third-order valence-electron chi connectivity index (χ3n) is 5.23. The van der Waals surface area contributed by atoms with Crippen LogP contribution >= 0.6 is 0 Å². The summed E-state index contributed by atoms with van der Waals surface area (Å²) in [5, 5.41) is 0. The largest absolute Gasteiger partial charge is 0.435 e. The van der Waals surface area contributed by atoms with Crippen LogP contribution in [-0.4, -0.2) is 40.2 Å². The summed E-state index contributed by atoms with van der Waals surface area (Å²) in [5.41, 5.74) is 2.97. The van der Waals surface area contributed by atoms with E-state index in [1.165, 1.54) is 12.1 Å². The van der Waals surface area contributed by atoms with E-state index in [9.17, 15) is 23.2 Å². The molecule has 31 heavy (non-hydrogen) atoms. The minimum Gasteiger partial charge on any atom is -0.435 e. The zero-order chi connectivity index (χ0) is 22.3. The molecule has 0 unspecified atom stereocenters. The Morgan fingerprint density at radius 2 is 1.55 bits per heavy atom. The Bertz CT molecular complexity index is 1160. The minimum atomic E-state index is -2.91. The zero-order valence-electron chi connectivity index (χ0n) is 16.8. The maximum absolute atomic E-state index is 13.0. The Hall–Kier alpha value is -3.81. The van der Waals surface area contributed by atoms with Gasteiger partial charge in [0, 0.05) is 22.6 Å². The first-order valence-corrected chi connectivity index (χ1v) is 9.50. The molecule has 0 atom stereocenters. The Morgan fingerprint density at radius 3 is 2.10 bits per heavy atom. The first kappa shape index (κ1) is 20.5. The van der Waals surface area contributed by atoms with E-state index in [4.69, 9.17) is 0 Å². The predicted octanol–water partition coefficient (Wildman–Crippen LogP) is 4.17. The number of ether oxygens (including phenoxy) is 1. The van der Waals surface area contributed by atoms with Crippen LogP contribution in [0.1, 0.15) is 42.5 Å². The predicted molar refractivity (Wildman–Crippen MR) is 108 cm³/mol. The maximum atomic E-state index is 13.0. The number of carbonyl (C=O) groups is 3. The van der Waals surface area contributed by atoms with Gasteiger partial charge in [-0.3, -0.25) is 19.3 Å². The summed E-state index contributed by atoms with van der Waals surface area (Å²) >= 11 is 0. The highest BCUT2D eigenvalue weighted by Gasteiger charge is 2.36. The Labute approximate surface area is 176 Å². The summed E-state index contributed by atoms with van der Waals surface area (Å²) in [5.74, 6) is -1.32. The summed E-state index contributed by atoms with van der Waals surface area (Å²) in [7, 11) is 0. The fraction of sp³-hybridized carbons (Fsp3) is 0.174. The maximum Gasteiger partial charge on any atom is 0.387 e. The summed E-state index contributed by atoms with van der Waals surface area (Å²) in [6.45, 7) is 0.270. The van der Waals surface area contributed by atoms with Gasteiger partial charge >= 0.3 is 6.61 Å². The first-order valence-electron chi connectivity index (χ1n) is 9.50. The molecule has 0 saturated carbocycles. The van der Waals surface area contributed by atoms with Crippen LogP contribution in [0.15, 0.2) is 54.6 Å². The SMILES string of the molecule is Cc1cc(C(=O)CN2C(=O)c3ccccc3C2=O)c(C)n1-c1ccc(OC(F)F)cc1. The number of fused-ring (bicyclic) bond motifs is 1. The minimum absolute atomic E-state index is 0.0307. The van der Waals surface area contributed by atoms with Gasteiger partial charge in [0.1, 0.15) is 5.75 Å². The number of imide groups is 1. The zero-order valence-corrected chi connectivity index (χ0v) is 16.8. The quantitative estimate of drug-likeness (QED) is 0.440. The number of nitrogens with zero attached hydrogens (tertiary/aromatic N) is 2. The molecule has 6 nitrogen and oxygen atoms in total. The van der Waals surface area contributed by atoms with Crippen molar-refractivity contribution >= 4 is 17.6 Å². The number of rotatable bonds is 6. The molecule has 0 bridgehead atoms. The van der Waals surface area contributed by atoms with Crippen molar-refractivity contribution in [2.24, 2.45) is 0 Å². The van der Waals surface area contributed by atoms with E-state index in [2.05, 4.69) is 4.74 Å². The molecular formula is C23H18F2N2O4. The number of aromatic nitrogens is 1. The second kappa shape index (κ2) is 7.79. The van der Waals surface area contributed by atoms with E-state index < -0.39 is 18.4 Å². The Balaban J connectivity index is 1.58. The fourth-order valence-corrected chi connectivity index (χ4v) is 3.83. The van der Waals surface area contributed by atoms with Gasteiger partial charge in [0.25, 0.3) is 11.8 Å². The summed E-state index contributed by atoms with van der Waals surface area (Å²) in [4.78, 5) is 39.0. The number of hydrogen-bond acceptors (Lipinski definition) is 4. The van der Waals surface area contributed by atoms with Gasteiger partial charge in [0.05, 0.1) is 17.7 Å². The van der Waals surface area contributed by atoms with E-state index in [1.807, 2.05) is 0 Å². The molecule has 8 heteroatoms. The third-order valence-corrected chi connectivity index (χ3v) is 5.23. The van der Waals surface area contributed by atoms with Gasteiger partial charge in [0.2, 0.25) is 0 Å². The van der Waals surface area contributed by atoms with Gasteiger partial charge in [-0.05, 0) is 56.3 Å². The van der Waals surface area contributed by atoms with Gasteiger partial charge in [0.15, 0.2) is 5.78 Å². The molecule has 158 valence electrons. The number of alkyl halides is 2. The number of amides is 2. The normalized spacial score (nSPS) is 13.1. The molecule has 0 aliphatic carbocycles. The molecule has 1 aliphatic rings. The van der Waals surface area contributed by atoms with E-state index >= 15 is 0 Å². The number of ketones is 1. The van der Waals surface area contributed by atoms with Crippen LogP contribution in [0.3, 0.4) is 0 Å². The molecule has 1 aromatic heterocycles. The van der Waals surface area contributed by atoms with Crippen LogP contribution in [0.4, 0.5) is 8.78 Å². The second-order valence-electron chi connectivity index (χ2n) is 7.16. The van der Waals surface area contributed by atoms with Crippen LogP contribution in [0.25, 0.3) is 5.69 Å². The van der Waals surface area contributed by atoms with Crippen molar-refractivity contribution in [1.29, 1.82) is 0 Å².